The molecule has 0 saturated heterocycles. The monoisotopic (exact) mass is 267 g/mol. The summed E-state index contributed by atoms with van der Waals surface area (Å²) in [6.45, 7) is 5.32. The van der Waals surface area contributed by atoms with Gasteiger partial charge in [0.15, 0.2) is 0 Å². The second-order valence-corrected chi connectivity index (χ2v) is 6.06. The van der Waals surface area contributed by atoms with Crippen molar-refractivity contribution in [3.8, 4) is 6.07 Å². The van der Waals surface area contributed by atoms with E-state index in [-0.39, 0.29) is 6.04 Å². The van der Waals surface area contributed by atoms with E-state index in [4.69, 9.17) is 5.26 Å². The van der Waals surface area contributed by atoms with Crippen molar-refractivity contribution in [2.75, 3.05) is 11.8 Å². The standard InChI is InChI=1S/C12H17N3O2S/c1-9(2)15(4)18(16,17)14-12-7-5-6-10(3)11(12)8-13/h5-7,9,14H,1-4H3. The molecule has 0 aliphatic heterocycles. The molecule has 0 atom stereocenters. The number of aryl methyl sites for hydroxylation is 1. The summed E-state index contributed by atoms with van der Waals surface area (Å²) in [6.07, 6.45) is 0. The number of nitrogens with zero attached hydrogens (tertiary/aromatic N) is 2. The average Bonchev–Trinajstić information content (AvgIpc) is 2.27. The molecular formula is C12H17N3O2S. The smallest absolute Gasteiger partial charge is 0.270 e. The van der Waals surface area contributed by atoms with Crippen LogP contribution in [0, 0.1) is 18.3 Å². The lowest BCUT2D eigenvalue weighted by molar-refractivity contribution is 0.414. The van der Waals surface area contributed by atoms with Crippen LogP contribution in [-0.2, 0) is 10.2 Å². The molecule has 1 aromatic carbocycles. The molecule has 0 saturated carbocycles. The van der Waals surface area contributed by atoms with E-state index in [1.807, 2.05) is 6.07 Å². The third-order valence-electron chi connectivity index (χ3n) is 2.73. The minimum atomic E-state index is -3.63. The largest absolute Gasteiger partial charge is 0.301 e. The quantitative estimate of drug-likeness (QED) is 0.905. The third kappa shape index (κ3) is 3.00. The van der Waals surface area contributed by atoms with Crippen molar-refractivity contribution >= 4 is 15.9 Å². The van der Waals surface area contributed by atoms with Gasteiger partial charge in [-0.25, -0.2) is 0 Å². The van der Waals surface area contributed by atoms with E-state index in [1.165, 1.54) is 11.4 Å². The van der Waals surface area contributed by atoms with Crippen molar-refractivity contribution < 1.29 is 8.42 Å². The number of anilines is 1. The first kappa shape index (κ1) is 14.5. The lowest BCUT2D eigenvalue weighted by Crippen LogP contribution is -2.37. The van der Waals surface area contributed by atoms with Crippen LogP contribution in [0.5, 0.6) is 0 Å². The summed E-state index contributed by atoms with van der Waals surface area (Å²) in [5, 5.41) is 9.05. The maximum absolute atomic E-state index is 12.0. The van der Waals surface area contributed by atoms with Crippen molar-refractivity contribution in [1.82, 2.24) is 4.31 Å². The molecule has 1 rings (SSSR count). The molecule has 0 heterocycles. The Hall–Kier alpha value is -1.58. The van der Waals surface area contributed by atoms with E-state index in [1.54, 1.807) is 39.0 Å². The highest BCUT2D eigenvalue weighted by atomic mass is 32.2. The van der Waals surface area contributed by atoms with Crippen LogP contribution in [0.25, 0.3) is 0 Å². The maximum Gasteiger partial charge on any atom is 0.301 e. The Morgan fingerprint density at radius 3 is 2.50 bits per heavy atom. The Morgan fingerprint density at radius 1 is 1.39 bits per heavy atom. The highest BCUT2D eigenvalue weighted by Gasteiger charge is 2.21. The van der Waals surface area contributed by atoms with Crippen molar-refractivity contribution in [3.05, 3.63) is 29.3 Å². The molecule has 0 amide bonds. The number of hydrogen-bond acceptors (Lipinski definition) is 3. The third-order valence-corrected chi connectivity index (χ3v) is 4.39. The molecular weight excluding hydrogens is 250 g/mol. The molecule has 0 aliphatic carbocycles. The first-order valence-corrected chi connectivity index (χ1v) is 6.99. The van der Waals surface area contributed by atoms with Gasteiger partial charge in [0, 0.05) is 13.1 Å². The van der Waals surface area contributed by atoms with Crippen LogP contribution in [0.2, 0.25) is 0 Å². The summed E-state index contributed by atoms with van der Waals surface area (Å²) in [6, 6.07) is 6.91. The van der Waals surface area contributed by atoms with E-state index in [0.29, 0.717) is 11.3 Å². The molecule has 98 valence electrons. The van der Waals surface area contributed by atoms with Crippen LogP contribution < -0.4 is 4.72 Å². The fourth-order valence-corrected chi connectivity index (χ4v) is 2.54. The first-order chi connectivity index (χ1) is 8.29. The minimum Gasteiger partial charge on any atom is -0.270 e. The van der Waals surface area contributed by atoms with Crippen LogP contribution >= 0.6 is 0 Å². The number of rotatable bonds is 4. The van der Waals surface area contributed by atoms with Crippen molar-refractivity contribution in [3.63, 3.8) is 0 Å². The Labute approximate surface area is 108 Å². The van der Waals surface area contributed by atoms with Crippen molar-refractivity contribution in [1.29, 1.82) is 5.26 Å². The Bertz CT molecular complexity index is 573. The molecule has 1 aromatic rings. The van der Waals surface area contributed by atoms with Gasteiger partial charge in [-0.15, -0.1) is 0 Å². The van der Waals surface area contributed by atoms with Gasteiger partial charge in [-0.2, -0.15) is 18.0 Å². The van der Waals surface area contributed by atoms with Gasteiger partial charge in [0.25, 0.3) is 0 Å². The molecule has 5 nitrogen and oxygen atoms in total. The van der Waals surface area contributed by atoms with Gasteiger partial charge in [-0.05, 0) is 32.4 Å². The number of nitrogens with one attached hydrogen (secondary N) is 1. The van der Waals surface area contributed by atoms with Gasteiger partial charge in [0.2, 0.25) is 0 Å². The van der Waals surface area contributed by atoms with E-state index < -0.39 is 10.2 Å². The number of hydrogen-bond donors (Lipinski definition) is 1. The van der Waals surface area contributed by atoms with Gasteiger partial charge >= 0.3 is 10.2 Å². The zero-order chi connectivity index (χ0) is 13.9. The molecule has 0 unspecified atom stereocenters. The lowest BCUT2D eigenvalue weighted by atomic mass is 10.1. The fourth-order valence-electron chi connectivity index (χ4n) is 1.39. The molecule has 0 radical (unpaired) electrons. The average molecular weight is 267 g/mol. The summed E-state index contributed by atoms with van der Waals surface area (Å²) >= 11 is 0. The Balaban J connectivity index is 3.14. The summed E-state index contributed by atoms with van der Waals surface area (Å²) in [4.78, 5) is 0. The van der Waals surface area contributed by atoms with E-state index in [2.05, 4.69) is 4.72 Å². The van der Waals surface area contributed by atoms with E-state index in [9.17, 15) is 8.42 Å². The van der Waals surface area contributed by atoms with Crippen LogP contribution in [0.1, 0.15) is 25.0 Å². The summed E-state index contributed by atoms with van der Waals surface area (Å²) < 4.78 is 27.7. The van der Waals surface area contributed by atoms with Crippen LogP contribution in [0.15, 0.2) is 18.2 Å². The van der Waals surface area contributed by atoms with Gasteiger partial charge in [0.1, 0.15) is 6.07 Å². The van der Waals surface area contributed by atoms with Gasteiger partial charge in [-0.1, -0.05) is 12.1 Å². The van der Waals surface area contributed by atoms with Gasteiger partial charge in [-0.3, -0.25) is 4.72 Å². The molecule has 0 spiro atoms. The van der Waals surface area contributed by atoms with Crippen molar-refractivity contribution in [2.24, 2.45) is 0 Å². The molecule has 0 fully saturated rings. The fraction of sp³-hybridized carbons (Fsp3) is 0.417. The minimum absolute atomic E-state index is 0.155. The summed E-state index contributed by atoms with van der Waals surface area (Å²) in [5.41, 5.74) is 1.40. The van der Waals surface area contributed by atoms with Crippen LogP contribution in [0.3, 0.4) is 0 Å². The van der Waals surface area contributed by atoms with Crippen LogP contribution in [-0.4, -0.2) is 25.8 Å². The molecule has 6 heteroatoms. The van der Waals surface area contributed by atoms with E-state index >= 15 is 0 Å². The second-order valence-electron chi connectivity index (χ2n) is 4.33. The molecule has 0 aromatic heterocycles. The predicted molar refractivity (Wildman–Crippen MR) is 71.3 cm³/mol. The van der Waals surface area contributed by atoms with E-state index in [0.717, 1.165) is 5.56 Å². The number of benzene rings is 1. The lowest BCUT2D eigenvalue weighted by Gasteiger charge is -2.22. The maximum atomic E-state index is 12.0. The summed E-state index contributed by atoms with van der Waals surface area (Å²) in [5.74, 6) is 0. The first-order valence-electron chi connectivity index (χ1n) is 5.55. The Kier molecular flexibility index (Phi) is 4.33. The zero-order valence-corrected chi connectivity index (χ0v) is 11.7. The molecule has 18 heavy (non-hydrogen) atoms. The van der Waals surface area contributed by atoms with Crippen LogP contribution in [0.4, 0.5) is 5.69 Å². The normalized spacial score (nSPS) is 11.6. The summed E-state index contributed by atoms with van der Waals surface area (Å²) in [7, 11) is -2.13. The molecule has 1 N–H and O–H groups in total. The second kappa shape index (κ2) is 5.38. The highest BCUT2D eigenvalue weighted by Crippen LogP contribution is 2.20. The molecule has 0 aliphatic rings. The Morgan fingerprint density at radius 2 is 2.00 bits per heavy atom. The number of nitriles is 1. The predicted octanol–water partition coefficient (Wildman–Crippen LogP) is 1.86. The molecule has 0 bridgehead atoms. The van der Waals surface area contributed by atoms with Crippen molar-refractivity contribution in [2.45, 2.75) is 26.8 Å². The zero-order valence-electron chi connectivity index (χ0n) is 10.9. The van der Waals surface area contributed by atoms with Gasteiger partial charge < -0.3 is 0 Å². The van der Waals surface area contributed by atoms with Gasteiger partial charge in [0.05, 0.1) is 11.3 Å². The highest BCUT2D eigenvalue weighted by molar-refractivity contribution is 7.90. The SMILES string of the molecule is Cc1cccc(NS(=O)(=O)N(C)C(C)C)c1C#N. The topological polar surface area (TPSA) is 73.2 Å².